The minimum atomic E-state index is -0.594. The van der Waals surface area contributed by atoms with Gasteiger partial charge >= 0.3 is 0 Å². The topological polar surface area (TPSA) is 101 Å². The molecule has 10 heteroatoms. The number of amides is 1. The first-order valence-corrected chi connectivity index (χ1v) is 9.87. The number of hydrogen-bond donors (Lipinski definition) is 1. The van der Waals surface area contributed by atoms with Crippen LogP contribution in [0.1, 0.15) is 12.7 Å². The zero-order valence-corrected chi connectivity index (χ0v) is 16.8. The largest absolute Gasteiger partial charge is 0.394 e. The van der Waals surface area contributed by atoms with Gasteiger partial charge in [0.15, 0.2) is 17.3 Å². The number of fused-ring (bicyclic) bond motifs is 2. The normalized spacial score (nSPS) is 22.5. The molecule has 5 rings (SSSR count). The summed E-state index contributed by atoms with van der Waals surface area (Å²) in [6.07, 6.45) is 14.0. The molecule has 1 N–H and O–H groups in total. The van der Waals surface area contributed by atoms with Gasteiger partial charge < -0.3 is 10.0 Å². The first kappa shape index (κ1) is 19.3. The Morgan fingerprint density at radius 2 is 2.13 bits per heavy atom. The summed E-state index contributed by atoms with van der Waals surface area (Å²) in [4.78, 5) is 19.0. The Labute approximate surface area is 176 Å². The highest BCUT2D eigenvalue weighted by Crippen LogP contribution is 2.33. The van der Waals surface area contributed by atoms with E-state index in [1.165, 1.54) is 6.07 Å². The molecule has 9 nitrogen and oxygen atoms in total. The lowest BCUT2D eigenvalue weighted by Crippen LogP contribution is -2.47. The van der Waals surface area contributed by atoms with Gasteiger partial charge in [0.1, 0.15) is 0 Å². The van der Waals surface area contributed by atoms with Crippen LogP contribution in [0.3, 0.4) is 0 Å². The van der Waals surface area contributed by atoms with Crippen LogP contribution in [0.2, 0.25) is 0 Å². The molecule has 3 aromatic rings. The highest BCUT2D eigenvalue weighted by Gasteiger charge is 2.41. The minimum absolute atomic E-state index is 0.0397. The van der Waals surface area contributed by atoms with Crippen molar-refractivity contribution in [1.29, 1.82) is 0 Å². The molecule has 0 bridgehead atoms. The second kappa shape index (κ2) is 7.24. The number of rotatable bonds is 5. The third-order valence-corrected chi connectivity index (χ3v) is 5.65. The summed E-state index contributed by atoms with van der Waals surface area (Å²) in [5.41, 5.74) is 0.780. The zero-order valence-electron chi connectivity index (χ0n) is 16.8. The SMILES string of the molecule is CC12C=CN(Cc3nnc4c(F)cc(-c5cnn(CCO)c5)cn34)C(=O)C1C=CC=N2. The summed E-state index contributed by atoms with van der Waals surface area (Å²) in [6.45, 7) is 2.37. The average molecular weight is 421 g/mol. The molecule has 5 heterocycles. The average Bonchev–Trinajstić information content (AvgIpc) is 3.38. The first-order chi connectivity index (χ1) is 15.0. The van der Waals surface area contributed by atoms with Crippen molar-refractivity contribution in [1.82, 2.24) is 29.3 Å². The van der Waals surface area contributed by atoms with Crippen molar-refractivity contribution in [3.05, 3.63) is 60.7 Å². The molecule has 31 heavy (non-hydrogen) atoms. The summed E-state index contributed by atoms with van der Waals surface area (Å²) < 4.78 is 17.9. The van der Waals surface area contributed by atoms with E-state index in [9.17, 15) is 9.18 Å². The van der Waals surface area contributed by atoms with Gasteiger partial charge in [-0.05, 0) is 25.1 Å². The lowest BCUT2D eigenvalue weighted by Gasteiger charge is -2.37. The van der Waals surface area contributed by atoms with Crippen molar-refractivity contribution < 1.29 is 14.3 Å². The highest BCUT2D eigenvalue weighted by molar-refractivity contribution is 5.88. The van der Waals surface area contributed by atoms with Crippen LogP contribution >= 0.6 is 0 Å². The van der Waals surface area contributed by atoms with Crippen molar-refractivity contribution in [2.24, 2.45) is 10.9 Å². The third-order valence-electron chi connectivity index (χ3n) is 5.65. The summed E-state index contributed by atoms with van der Waals surface area (Å²) in [5, 5.41) is 21.3. The summed E-state index contributed by atoms with van der Waals surface area (Å²) >= 11 is 0. The standard InChI is InChI=1S/C21H20FN7O2/c1-21-4-6-27(20(31)16(21)3-2-5-23-21)13-18-25-26-19-17(22)9-14(12-29(18)19)15-10-24-28(11-15)7-8-30/h2-6,9-12,16,30H,7-8,13H2,1H3. The van der Waals surface area contributed by atoms with E-state index in [1.807, 2.05) is 19.1 Å². The quantitative estimate of drug-likeness (QED) is 0.674. The van der Waals surface area contributed by atoms with Gasteiger partial charge in [-0.2, -0.15) is 5.10 Å². The smallest absolute Gasteiger partial charge is 0.236 e. The van der Waals surface area contributed by atoms with Crippen LogP contribution in [0, 0.1) is 11.7 Å². The van der Waals surface area contributed by atoms with Gasteiger partial charge in [0, 0.05) is 35.9 Å². The summed E-state index contributed by atoms with van der Waals surface area (Å²) in [6, 6.07) is 1.37. The summed E-state index contributed by atoms with van der Waals surface area (Å²) in [7, 11) is 0. The van der Waals surface area contributed by atoms with Crippen LogP contribution in [0.4, 0.5) is 4.39 Å². The van der Waals surface area contributed by atoms with Crippen LogP contribution in [0.25, 0.3) is 16.8 Å². The monoisotopic (exact) mass is 421 g/mol. The van der Waals surface area contributed by atoms with E-state index in [-0.39, 0.29) is 24.7 Å². The number of halogens is 1. The van der Waals surface area contributed by atoms with Crippen LogP contribution in [0.5, 0.6) is 0 Å². The minimum Gasteiger partial charge on any atom is -0.394 e. The molecule has 0 aromatic carbocycles. The number of aliphatic hydroxyl groups excluding tert-OH is 1. The van der Waals surface area contributed by atoms with Gasteiger partial charge in [-0.15, -0.1) is 10.2 Å². The van der Waals surface area contributed by atoms with Crippen LogP contribution in [-0.2, 0) is 17.9 Å². The molecule has 0 radical (unpaired) electrons. The van der Waals surface area contributed by atoms with Crippen molar-refractivity contribution in [2.45, 2.75) is 25.6 Å². The second-order valence-corrected chi connectivity index (χ2v) is 7.75. The Kier molecular flexibility index (Phi) is 4.51. The zero-order chi connectivity index (χ0) is 21.6. The van der Waals surface area contributed by atoms with E-state index in [2.05, 4.69) is 20.3 Å². The number of aliphatic hydroxyl groups is 1. The van der Waals surface area contributed by atoms with Crippen LogP contribution in [-0.4, -0.2) is 58.7 Å². The number of aromatic nitrogens is 5. The Morgan fingerprint density at radius 3 is 2.97 bits per heavy atom. The number of dihydropyridines is 1. The maximum Gasteiger partial charge on any atom is 0.236 e. The number of carbonyl (C=O) groups excluding carboxylic acids is 1. The van der Waals surface area contributed by atoms with Gasteiger partial charge in [0.05, 0.1) is 37.4 Å². The number of carbonyl (C=O) groups is 1. The van der Waals surface area contributed by atoms with Crippen molar-refractivity contribution in [2.75, 3.05) is 6.61 Å². The molecule has 2 aliphatic rings. The van der Waals surface area contributed by atoms with E-state index < -0.39 is 17.3 Å². The van der Waals surface area contributed by atoms with E-state index >= 15 is 0 Å². The number of nitrogens with zero attached hydrogens (tertiary/aromatic N) is 7. The molecular formula is C21H20FN7O2. The number of allylic oxidation sites excluding steroid dienone is 1. The van der Waals surface area contributed by atoms with Crippen molar-refractivity contribution >= 4 is 17.8 Å². The fourth-order valence-electron chi connectivity index (χ4n) is 3.90. The molecule has 3 aromatic heterocycles. The first-order valence-electron chi connectivity index (χ1n) is 9.87. The Morgan fingerprint density at radius 1 is 1.26 bits per heavy atom. The number of pyridine rings is 1. The van der Waals surface area contributed by atoms with Gasteiger partial charge in [0.25, 0.3) is 0 Å². The number of hydrogen-bond acceptors (Lipinski definition) is 6. The van der Waals surface area contributed by atoms with Crippen molar-refractivity contribution in [3.8, 4) is 11.1 Å². The Hall–Kier alpha value is -3.66. The van der Waals surface area contributed by atoms with Gasteiger partial charge in [0.2, 0.25) is 5.91 Å². The predicted octanol–water partition coefficient (Wildman–Crippen LogP) is 1.60. The van der Waals surface area contributed by atoms with E-state index in [0.717, 1.165) is 0 Å². The fraction of sp³-hybridized carbons (Fsp3) is 0.286. The molecule has 2 unspecified atom stereocenters. The molecule has 0 saturated carbocycles. The molecule has 0 spiro atoms. The summed E-state index contributed by atoms with van der Waals surface area (Å²) in [5.74, 6) is -0.588. The maximum absolute atomic E-state index is 14.7. The molecule has 2 atom stereocenters. The predicted molar refractivity (Wildman–Crippen MR) is 110 cm³/mol. The molecule has 158 valence electrons. The van der Waals surface area contributed by atoms with E-state index in [0.29, 0.717) is 23.5 Å². The maximum atomic E-state index is 14.7. The number of aliphatic imine (C=N–C) groups is 1. The van der Waals surface area contributed by atoms with Crippen LogP contribution in [0.15, 0.2) is 54.1 Å². The molecule has 0 aliphatic carbocycles. The van der Waals surface area contributed by atoms with E-state index in [4.69, 9.17) is 5.11 Å². The molecule has 0 saturated heterocycles. The second-order valence-electron chi connectivity index (χ2n) is 7.75. The molecule has 1 amide bonds. The fourth-order valence-corrected chi connectivity index (χ4v) is 3.90. The van der Waals surface area contributed by atoms with Crippen molar-refractivity contribution in [3.63, 3.8) is 0 Å². The highest BCUT2D eigenvalue weighted by atomic mass is 19.1. The van der Waals surface area contributed by atoms with Gasteiger partial charge in [-0.25, -0.2) is 4.39 Å². The Balaban J connectivity index is 1.49. The molecule has 0 fully saturated rings. The Bertz CT molecular complexity index is 1260. The van der Waals surface area contributed by atoms with Crippen LogP contribution < -0.4 is 0 Å². The molecule has 2 aliphatic heterocycles. The lowest BCUT2D eigenvalue weighted by molar-refractivity contribution is -0.134. The van der Waals surface area contributed by atoms with E-state index in [1.54, 1.807) is 51.1 Å². The lowest BCUT2D eigenvalue weighted by atomic mass is 9.81. The third kappa shape index (κ3) is 3.25. The van der Waals surface area contributed by atoms with Gasteiger partial charge in [-0.1, -0.05) is 6.08 Å². The van der Waals surface area contributed by atoms with Gasteiger partial charge in [-0.3, -0.25) is 18.9 Å². The molecular weight excluding hydrogens is 401 g/mol.